The lowest BCUT2D eigenvalue weighted by molar-refractivity contribution is 0.200. The second-order valence-electron chi connectivity index (χ2n) is 4.17. The molecule has 0 unspecified atom stereocenters. The van der Waals surface area contributed by atoms with Gasteiger partial charge in [0.1, 0.15) is 11.6 Å². The number of hydrogen-bond acceptors (Lipinski definition) is 3. The summed E-state index contributed by atoms with van der Waals surface area (Å²) in [6, 6.07) is 4.15. The Morgan fingerprint density at radius 3 is 2.71 bits per heavy atom. The smallest absolute Gasteiger partial charge is 0.131 e. The van der Waals surface area contributed by atoms with E-state index in [1.54, 1.807) is 12.1 Å². The first-order chi connectivity index (χ1) is 8.22. The van der Waals surface area contributed by atoms with Gasteiger partial charge in [-0.3, -0.25) is 4.90 Å². The number of rotatable bonds is 3. The number of piperazine rings is 1. The fraction of sp³-hybridized carbons (Fsp3) is 0.385. The van der Waals surface area contributed by atoms with Gasteiger partial charge in [-0.05, 0) is 6.07 Å². The molecule has 0 amide bonds. The predicted octanol–water partition coefficient (Wildman–Crippen LogP) is 1.66. The first kappa shape index (κ1) is 12.1. The van der Waals surface area contributed by atoms with Gasteiger partial charge in [0.2, 0.25) is 0 Å². The summed E-state index contributed by atoms with van der Waals surface area (Å²) in [4.78, 5) is 2.18. The number of aromatic hydroxyl groups is 1. The molecule has 1 aliphatic heterocycles. The molecular formula is C13H17FN2O. The fourth-order valence-corrected chi connectivity index (χ4v) is 2.19. The van der Waals surface area contributed by atoms with E-state index < -0.39 is 0 Å². The minimum absolute atomic E-state index is 0.0469. The van der Waals surface area contributed by atoms with Crippen molar-refractivity contribution in [2.45, 2.75) is 6.04 Å². The van der Waals surface area contributed by atoms with E-state index in [1.807, 2.05) is 0 Å². The maximum absolute atomic E-state index is 13.8. The lowest BCUT2D eigenvalue weighted by Gasteiger charge is -2.33. The summed E-state index contributed by atoms with van der Waals surface area (Å²) in [7, 11) is 0. The summed E-state index contributed by atoms with van der Waals surface area (Å²) in [6.07, 6.45) is 1.75. The molecule has 4 heteroatoms. The first-order valence-electron chi connectivity index (χ1n) is 5.78. The molecule has 3 nitrogen and oxygen atoms in total. The molecule has 1 fully saturated rings. The normalized spacial score (nSPS) is 18.9. The van der Waals surface area contributed by atoms with Crippen molar-refractivity contribution < 1.29 is 9.50 Å². The van der Waals surface area contributed by atoms with E-state index in [1.165, 1.54) is 6.07 Å². The summed E-state index contributed by atoms with van der Waals surface area (Å²) < 4.78 is 13.8. The fourth-order valence-electron chi connectivity index (χ4n) is 2.19. The SMILES string of the molecule is C=C[C@H](c1ccc(O)cc1F)N1CCNCC1. The Morgan fingerprint density at radius 2 is 2.12 bits per heavy atom. The lowest BCUT2D eigenvalue weighted by Crippen LogP contribution is -2.44. The molecule has 2 N–H and O–H groups in total. The maximum Gasteiger partial charge on any atom is 0.131 e. The van der Waals surface area contributed by atoms with Crippen molar-refractivity contribution in [3.05, 3.63) is 42.2 Å². The number of phenolic OH excluding ortho intramolecular Hbond substituents is 1. The molecule has 1 aliphatic rings. The molecule has 0 aromatic heterocycles. The number of phenols is 1. The van der Waals surface area contributed by atoms with Crippen molar-refractivity contribution >= 4 is 0 Å². The summed E-state index contributed by atoms with van der Waals surface area (Å²) in [5.74, 6) is -0.428. The molecule has 92 valence electrons. The topological polar surface area (TPSA) is 35.5 Å². The molecule has 0 saturated carbocycles. The number of halogens is 1. The number of hydrogen-bond donors (Lipinski definition) is 2. The van der Waals surface area contributed by atoms with Crippen LogP contribution in [0.5, 0.6) is 5.75 Å². The van der Waals surface area contributed by atoms with Gasteiger partial charge in [-0.1, -0.05) is 12.1 Å². The Morgan fingerprint density at radius 1 is 1.41 bits per heavy atom. The van der Waals surface area contributed by atoms with Crippen LogP contribution in [0, 0.1) is 5.82 Å². The van der Waals surface area contributed by atoms with Crippen LogP contribution in [0.1, 0.15) is 11.6 Å². The summed E-state index contributed by atoms with van der Waals surface area (Å²) in [5, 5.41) is 12.5. The third kappa shape index (κ3) is 2.65. The standard InChI is InChI=1S/C13H17FN2O/c1-2-13(16-7-5-15-6-8-16)11-4-3-10(17)9-12(11)14/h2-4,9,13,15,17H,1,5-8H2/t13-/m1/s1. The Hall–Kier alpha value is -1.39. The van der Waals surface area contributed by atoms with E-state index in [2.05, 4.69) is 16.8 Å². The third-order valence-electron chi connectivity index (χ3n) is 3.07. The highest BCUT2D eigenvalue weighted by Gasteiger charge is 2.21. The van der Waals surface area contributed by atoms with Gasteiger partial charge in [0.15, 0.2) is 0 Å². The van der Waals surface area contributed by atoms with Crippen LogP contribution in [0.25, 0.3) is 0 Å². The number of nitrogens with zero attached hydrogens (tertiary/aromatic N) is 1. The second kappa shape index (κ2) is 5.29. The van der Waals surface area contributed by atoms with Crippen LogP contribution in [0.4, 0.5) is 4.39 Å². The van der Waals surface area contributed by atoms with E-state index in [9.17, 15) is 9.50 Å². The predicted molar refractivity (Wildman–Crippen MR) is 65.4 cm³/mol. The largest absolute Gasteiger partial charge is 0.508 e. The van der Waals surface area contributed by atoms with Crippen LogP contribution in [0.15, 0.2) is 30.9 Å². The zero-order valence-electron chi connectivity index (χ0n) is 9.69. The molecular weight excluding hydrogens is 219 g/mol. The van der Waals surface area contributed by atoms with Crippen LogP contribution in [-0.2, 0) is 0 Å². The van der Waals surface area contributed by atoms with Gasteiger partial charge in [0.25, 0.3) is 0 Å². The summed E-state index contributed by atoms with van der Waals surface area (Å²) in [5.41, 5.74) is 0.569. The Kier molecular flexibility index (Phi) is 3.76. The number of nitrogens with one attached hydrogen (secondary N) is 1. The quantitative estimate of drug-likeness (QED) is 0.784. The van der Waals surface area contributed by atoms with Crippen molar-refractivity contribution in [3.8, 4) is 5.75 Å². The minimum atomic E-state index is -0.381. The Bertz CT molecular complexity index is 402. The molecule has 0 bridgehead atoms. The van der Waals surface area contributed by atoms with Crippen molar-refractivity contribution in [1.82, 2.24) is 10.2 Å². The summed E-state index contributed by atoms with van der Waals surface area (Å²) in [6.45, 7) is 7.34. The van der Waals surface area contributed by atoms with Crippen LogP contribution < -0.4 is 5.32 Å². The van der Waals surface area contributed by atoms with Crippen molar-refractivity contribution in [2.24, 2.45) is 0 Å². The minimum Gasteiger partial charge on any atom is -0.508 e. The zero-order chi connectivity index (χ0) is 12.3. The Labute approximate surface area is 101 Å². The highest BCUT2D eigenvalue weighted by atomic mass is 19.1. The van der Waals surface area contributed by atoms with Gasteiger partial charge >= 0.3 is 0 Å². The van der Waals surface area contributed by atoms with E-state index in [-0.39, 0.29) is 17.6 Å². The third-order valence-corrected chi connectivity index (χ3v) is 3.07. The zero-order valence-corrected chi connectivity index (χ0v) is 9.69. The van der Waals surface area contributed by atoms with Crippen LogP contribution in [0.2, 0.25) is 0 Å². The van der Waals surface area contributed by atoms with E-state index in [4.69, 9.17) is 0 Å². The molecule has 1 aromatic carbocycles. The maximum atomic E-state index is 13.8. The molecule has 0 aliphatic carbocycles. The van der Waals surface area contributed by atoms with Crippen molar-refractivity contribution in [3.63, 3.8) is 0 Å². The highest BCUT2D eigenvalue weighted by Crippen LogP contribution is 2.26. The average molecular weight is 236 g/mol. The molecule has 1 heterocycles. The van der Waals surface area contributed by atoms with Crippen LogP contribution >= 0.6 is 0 Å². The van der Waals surface area contributed by atoms with E-state index in [0.29, 0.717) is 5.56 Å². The monoisotopic (exact) mass is 236 g/mol. The van der Waals surface area contributed by atoms with Gasteiger partial charge in [0, 0.05) is 37.8 Å². The van der Waals surface area contributed by atoms with Gasteiger partial charge in [-0.25, -0.2) is 4.39 Å². The van der Waals surface area contributed by atoms with E-state index >= 15 is 0 Å². The molecule has 1 saturated heterocycles. The first-order valence-corrected chi connectivity index (χ1v) is 5.78. The van der Waals surface area contributed by atoms with Crippen LogP contribution in [-0.4, -0.2) is 36.2 Å². The van der Waals surface area contributed by atoms with Gasteiger partial charge in [-0.2, -0.15) is 0 Å². The van der Waals surface area contributed by atoms with Gasteiger partial charge < -0.3 is 10.4 Å². The lowest BCUT2D eigenvalue weighted by atomic mass is 10.0. The van der Waals surface area contributed by atoms with E-state index in [0.717, 1.165) is 32.2 Å². The molecule has 0 spiro atoms. The molecule has 17 heavy (non-hydrogen) atoms. The second-order valence-corrected chi connectivity index (χ2v) is 4.17. The Balaban J connectivity index is 2.24. The van der Waals surface area contributed by atoms with Crippen LogP contribution in [0.3, 0.4) is 0 Å². The molecule has 0 radical (unpaired) electrons. The average Bonchev–Trinajstić information content (AvgIpc) is 2.34. The van der Waals surface area contributed by atoms with Crippen molar-refractivity contribution in [1.29, 1.82) is 0 Å². The molecule has 1 aromatic rings. The van der Waals surface area contributed by atoms with Gasteiger partial charge in [-0.15, -0.1) is 6.58 Å². The number of benzene rings is 1. The van der Waals surface area contributed by atoms with Crippen molar-refractivity contribution in [2.75, 3.05) is 26.2 Å². The van der Waals surface area contributed by atoms with Gasteiger partial charge in [0.05, 0.1) is 6.04 Å². The summed E-state index contributed by atoms with van der Waals surface area (Å²) >= 11 is 0. The highest BCUT2D eigenvalue weighted by molar-refractivity contribution is 5.31. The molecule has 1 atom stereocenters. The molecule has 2 rings (SSSR count).